The van der Waals surface area contributed by atoms with Gasteiger partial charge in [0.05, 0.1) is 7.11 Å². The minimum Gasteiger partial charge on any atom is -0.496 e. The molecule has 0 atom stereocenters. The van der Waals surface area contributed by atoms with Crippen LogP contribution in [0.5, 0.6) is 5.75 Å². The molecule has 1 aliphatic carbocycles. The number of para-hydroxylation sites is 1. The molecule has 1 nitrogen and oxygen atoms in total. The Labute approximate surface area is 91.8 Å². The quantitative estimate of drug-likeness (QED) is 0.703. The van der Waals surface area contributed by atoms with E-state index in [9.17, 15) is 0 Å². The topological polar surface area (TPSA) is 9.23 Å². The second-order valence-electron chi connectivity index (χ2n) is 4.03. The number of allylic oxidation sites excluding steroid dienone is 2. The van der Waals surface area contributed by atoms with Gasteiger partial charge in [0.25, 0.3) is 0 Å². The maximum Gasteiger partial charge on any atom is 0.126 e. The van der Waals surface area contributed by atoms with Crippen LogP contribution < -0.4 is 4.74 Å². The monoisotopic (exact) mass is 202 g/mol. The van der Waals surface area contributed by atoms with Crippen molar-refractivity contribution in [2.75, 3.05) is 7.11 Å². The zero-order valence-electron chi connectivity index (χ0n) is 9.33. The van der Waals surface area contributed by atoms with Crippen molar-refractivity contribution in [3.63, 3.8) is 0 Å². The van der Waals surface area contributed by atoms with Crippen molar-refractivity contribution < 1.29 is 4.74 Å². The van der Waals surface area contributed by atoms with Crippen molar-refractivity contribution in [2.45, 2.75) is 32.1 Å². The Bertz CT molecular complexity index is 352. The predicted molar refractivity (Wildman–Crippen MR) is 64.1 cm³/mol. The highest BCUT2D eigenvalue weighted by Gasteiger charge is 2.09. The van der Waals surface area contributed by atoms with E-state index >= 15 is 0 Å². The van der Waals surface area contributed by atoms with Crippen LogP contribution in [0.4, 0.5) is 0 Å². The van der Waals surface area contributed by atoms with E-state index in [4.69, 9.17) is 4.74 Å². The number of rotatable bonds is 2. The summed E-state index contributed by atoms with van der Waals surface area (Å²) >= 11 is 0. The molecule has 0 unspecified atom stereocenters. The fourth-order valence-corrected chi connectivity index (χ4v) is 2.17. The van der Waals surface area contributed by atoms with Gasteiger partial charge < -0.3 is 4.74 Å². The normalized spacial score (nSPS) is 16.7. The molecule has 15 heavy (non-hydrogen) atoms. The van der Waals surface area contributed by atoms with Gasteiger partial charge in [-0.3, -0.25) is 0 Å². The van der Waals surface area contributed by atoms with Crippen LogP contribution in [0.1, 0.15) is 37.7 Å². The van der Waals surface area contributed by atoms with Gasteiger partial charge in [-0.1, -0.05) is 30.7 Å². The fourth-order valence-electron chi connectivity index (χ4n) is 2.17. The molecule has 0 N–H and O–H groups in total. The van der Waals surface area contributed by atoms with Crippen LogP contribution in [-0.2, 0) is 0 Å². The van der Waals surface area contributed by atoms with E-state index < -0.39 is 0 Å². The Kier molecular flexibility index (Phi) is 3.44. The van der Waals surface area contributed by atoms with Crippen molar-refractivity contribution in [1.82, 2.24) is 0 Å². The first-order chi connectivity index (χ1) is 7.42. The number of hydrogen-bond acceptors (Lipinski definition) is 1. The van der Waals surface area contributed by atoms with Crippen LogP contribution in [0.2, 0.25) is 0 Å². The number of hydrogen-bond donors (Lipinski definition) is 0. The van der Waals surface area contributed by atoms with Gasteiger partial charge in [0.15, 0.2) is 0 Å². The highest BCUT2D eigenvalue weighted by atomic mass is 16.5. The van der Waals surface area contributed by atoms with Gasteiger partial charge in [-0.25, -0.2) is 0 Å². The van der Waals surface area contributed by atoms with Crippen LogP contribution in [0.3, 0.4) is 0 Å². The summed E-state index contributed by atoms with van der Waals surface area (Å²) < 4.78 is 5.40. The molecule has 0 saturated heterocycles. The summed E-state index contributed by atoms with van der Waals surface area (Å²) in [6.45, 7) is 0. The average Bonchev–Trinajstić information content (AvgIpc) is 2.57. The van der Waals surface area contributed by atoms with Gasteiger partial charge in [0.1, 0.15) is 5.75 Å². The third kappa shape index (κ3) is 2.41. The van der Waals surface area contributed by atoms with Crippen LogP contribution in [0.25, 0.3) is 5.57 Å². The molecule has 0 spiro atoms. The van der Waals surface area contributed by atoms with Gasteiger partial charge in [-0.05, 0) is 37.3 Å². The maximum atomic E-state index is 5.40. The summed E-state index contributed by atoms with van der Waals surface area (Å²) in [5.41, 5.74) is 2.74. The van der Waals surface area contributed by atoms with Gasteiger partial charge >= 0.3 is 0 Å². The third-order valence-corrected chi connectivity index (χ3v) is 2.99. The van der Waals surface area contributed by atoms with Crippen LogP contribution in [0.15, 0.2) is 30.3 Å². The molecule has 1 aromatic rings. The Morgan fingerprint density at radius 3 is 2.80 bits per heavy atom. The molecule has 0 bridgehead atoms. The second-order valence-corrected chi connectivity index (χ2v) is 4.03. The third-order valence-electron chi connectivity index (χ3n) is 2.99. The summed E-state index contributed by atoms with van der Waals surface area (Å²) in [6, 6.07) is 8.32. The Balaban J connectivity index is 2.30. The molecule has 1 heteroatoms. The lowest BCUT2D eigenvalue weighted by Gasteiger charge is -2.10. The van der Waals surface area contributed by atoms with Crippen LogP contribution in [-0.4, -0.2) is 7.11 Å². The molecule has 1 aliphatic rings. The second kappa shape index (κ2) is 5.01. The first-order valence-corrected chi connectivity index (χ1v) is 5.74. The first kappa shape index (κ1) is 10.3. The molecule has 0 heterocycles. The van der Waals surface area contributed by atoms with Crippen molar-refractivity contribution in [2.24, 2.45) is 0 Å². The zero-order chi connectivity index (χ0) is 10.5. The van der Waals surface area contributed by atoms with Crippen molar-refractivity contribution in [1.29, 1.82) is 0 Å². The number of ether oxygens (including phenoxy) is 1. The minimum absolute atomic E-state index is 1.01. The average molecular weight is 202 g/mol. The van der Waals surface area contributed by atoms with Crippen molar-refractivity contribution >= 4 is 5.57 Å². The Morgan fingerprint density at radius 2 is 1.93 bits per heavy atom. The summed E-state index contributed by atoms with van der Waals surface area (Å²) in [4.78, 5) is 0. The molecule has 0 saturated carbocycles. The van der Waals surface area contributed by atoms with Gasteiger partial charge in [0, 0.05) is 5.56 Å². The van der Waals surface area contributed by atoms with Crippen LogP contribution in [0, 0.1) is 0 Å². The summed E-state index contributed by atoms with van der Waals surface area (Å²) in [7, 11) is 1.75. The lowest BCUT2D eigenvalue weighted by molar-refractivity contribution is 0.413. The van der Waals surface area contributed by atoms with Crippen LogP contribution >= 0.6 is 0 Å². The summed E-state index contributed by atoms with van der Waals surface area (Å²) in [6.07, 6.45) is 8.79. The fraction of sp³-hybridized carbons (Fsp3) is 0.429. The lowest BCUT2D eigenvalue weighted by Crippen LogP contribution is -1.91. The minimum atomic E-state index is 1.01. The van der Waals surface area contributed by atoms with E-state index in [1.165, 1.54) is 43.2 Å². The van der Waals surface area contributed by atoms with Gasteiger partial charge in [-0.2, -0.15) is 0 Å². The molecule has 2 rings (SSSR count). The molecule has 0 amide bonds. The van der Waals surface area contributed by atoms with E-state index in [0.29, 0.717) is 0 Å². The zero-order valence-corrected chi connectivity index (χ0v) is 9.33. The molecule has 1 aromatic carbocycles. The predicted octanol–water partition coefficient (Wildman–Crippen LogP) is 4.04. The Morgan fingerprint density at radius 1 is 1.07 bits per heavy atom. The van der Waals surface area contributed by atoms with E-state index in [2.05, 4.69) is 18.2 Å². The highest BCUT2D eigenvalue weighted by molar-refractivity contribution is 5.70. The standard InChI is InChI=1S/C14H18O/c1-15-14-11-7-6-10-13(14)12-8-4-2-3-5-9-12/h6-8,10-11H,2-5,9H2,1H3. The van der Waals surface area contributed by atoms with E-state index in [0.717, 1.165) is 5.75 Å². The first-order valence-electron chi connectivity index (χ1n) is 5.74. The largest absolute Gasteiger partial charge is 0.496 e. The van der Waals surface area contributed by atoms with Gasteiger partial charge in [-0.15, -0.1) is 0 Å². The highest BCUT2D eigenvalue weighted by Crippen LogP contribution is 2.31. The molecule has 0 fully saturated rings. The SMILES string of the molecule is COc1ccccc1C1=CCCCCC1. The van der Waals surface area contributed by atoms with E-state index in [1.807, 2.05) is 12.1 Å². The molecule has 0 aliphatic heterocycles. The molecule has 0 radical (unpaired) electrons. The molecular weight excluding hydrogens is 184 g/mol. The smallest absolute Gasteiger partial charge is 0.126 e. The van der Waals surface area contributed by atoms with E-state index in [1.54, 1.807) is 7.11 Å². The molecule has 80 valence electrons. The Hall–Kier alpha value is -1.24. The molecule has 0 aromatic heterocycles. The molecular formula is C14H18O. The van der Waals surface area contributed by atoms with Crippen molar-refractivity contribution in [3.05, 3.63) is 35.9 Å². The maximum absolute atomic E-state index is 5.40. The number of methoxy groups -OCH3 is 1. The summed E-state index contributed by atoms with van der Waals surface area (Å²) in [5, 5.41) is 0. The summed E-state index contributed by atoms with van der Waals surface area (Å²) in [5.74, 6) is 1.01. The van der Waals surface area contributed by atoms with Crippen molar-refractivity contribution in [3.8, 4) is 5.75 Å². The lowest BCUT2D eigenvalue weighted by atomic mass is 10.0. The van der Waals surface area contributed by atoms with Gasteiger partial charge in [0.2, 0.25) is 0 Å². The number of benzene rings is 1. The van der Waals surface area contributed by atoms with E-state index in [-0.39, 0.29) is 0 Å².